The largest absolute Gasteiger partial charge is 0.396 e. The van der Waals surface area contributed by atoms with Gasteiger partial charge < -0.3 is 16.0 Å². The molecule has 1 aliphatic rings. The van der Waals surface area contributed by atoms with Gasteiger partial charge in [-0.25, -0.2) is 4.98 Å². The van der Waals surface area contributed by atoms with Crippen LogP contribution in [0, 0.1) is 17.2 Å². The molecule has 0 unspecified atom stereocenters. The van der Waals surface area contributed by atoms with Crippen LogP contribution in [0.5, 0.6) is 0 Å². The predicted molar refractivity (Wildman–Crippen MR) is 72.4 cm³/mol. The number of rotatable bonds is 2. The van der Waals surface area contributed by atoms with E-state index in [1.54, 1.807) is 13.1 Å². The Kier molecular flexibility index (Phi) is 3.85. The van der Waals surface area contributed by atoms with Crippen LogP contribution in [-0.4, -0.2) is 31.0 Å². The SMILES string of the molecule is CNC(=O)C1CCN(c2ncc(C#N)cc2N)CC1. The van der Waals surface area contributed by atoms with Crippen LogP contribution >= 0.6 is 0 Å². The third-order valence-corrected chi connectivity index (χ3v) is 3.44. The standard InChI is InChI=1S/C13H17N5O/c1-16-13(19)10-2-4-18(5-3-10)12-11(15)6-9(7-14)8-17-12/h6,8,10H,2-5,15H2,1H3,(H,16,19). The first-order chi connectivity index (χ1) is 9.15. The van der Waals surface area contributed by atoms with Gasteiger partial charge in [0.1, 0.15) is 6.07 Å². The molecule has 100 valence electrons. The van der Waals surface area contributed by atoms with E-state index in [1.165, 1.54) is 6.20 Å². The highest BCUT2D eigenvalue weighted by Crippen LogP contribution is 2.26. The van der Waals surface area contributed by atoms with E-state index in [-0.39, 0.29) is 11.8 Å². The second-order valence-corrected chi connectivity index (χ2v) is 4.62. The van der Waals surface area contributed by atoms with Gasteiger partial charge in [-0.1, -0.05) is 0 Å². The number of aromatic nitrogens is 1. The Morgan fingerprint density at radius 3 is 2.79 bits per heavy atom. The highest BCUT2D eigenvalue weighted by Gasteiger charge is 2.25. The lowest BCUT2D eigenvalue weighted by Gasteiger charge is -2.32. The van der Waals surface area contributed by atoms with Crippen LogP contribution in [0.25, 0.3) is 0 Å². The van der Waals surface area contributed by atoms with Crippen LogP contribution in [0.3, 0.4) is 0 Å². The molecule has 1 amide bonds. The lowest BCUT2D eigenvalue weighted by atomic mass is 9.96. The molecule has 1 fully saturated rings. The van der Waals surface area contributed by atoms with Crippen molar-refractivity contribution in [1.29, 1.82) is 5.26 Å². The van der Waals surface area contributed by atoms with Gasteiger partial charge in [-0.15, -0.1) is 0 Å². The summed E-state index contributed by atoms with van der Waals surface area (Å²) < 4.78 is 0. The van der Waals surface area contributed by atoms with E-state index in [9.17, 15) is 4.79 Å². The minimum absolute atomic E-state index is 0.0702. The number of hydrogen-bond donors (Lipinski definition) is 2. The molecule has 6 nitrogen and oxygen atoms in total. The van der Waals surface area contributed by atoms with Gasteiger partial charge in [0.15, 0.2) is 5.82 Å². The molecule has 2 heterocycles. The maximum Gasteiger partial charge on any atom is 0.222 e. The van der Waals surface area contributed by atoms with E-state index in [0.717, 1.165) is 25.9 Å². The Bertz CT molecular complexity index is 514. The van der Waals surface area contributed by atoms with Crippen LogP contribution in [0.1, 0.15) is 18.4 Å². The molecule has 0 saturated carbocycles. The number of anilines is 2. The normalized spacial score (nSPS) is 15.9. The summed E-state index contributed by atoms with van der Waals surface area (Å²) in [6.45, 7) is 1.50. The second kappa shape index (κ2) is 5.57. The summed E-state index contributed by atoms with van der Waals surface area (Å²) in [7, 11) is 1.66. The molecule has 0 aliphatic carbocycles. The highest BCUT2D eigenvalue weighted by atomic mass is 16.1. The molecule has 2 rings (SSSR count). The monoisotopic (exact) mass is 259 g/mol. The van der Waals surface area contributed by atoms with E-state index in [0.29, 0.717) is 17.1 Å². The molecule has 0 radical (unpaired) electrons. The van der Waals surface area contributed by atoms with E-state index < -0.39 is 0 Å². The molecular formula is C13H17N5O. The number of carbonyl (C=O) groups is 1. The average molecular weight is 259 g/mol. The van der Waals surface area contributed by atoms with E-state index in [1.807, 2.05) is 6.07 Å². The maximum atomic E-state index is 11.6. The van der Waals surface area contributed by atoms with Crippen molar-refractivity contribution in [3.8, 4) is 6.07 Å². The summed E-state index contributed by atoms with van der Waals surface area (Å²) in [5.41, 5.74) is 6.89. The summed E-state index contributed by atoms with van der Waals surface area (Å²) in [6.07, 6.45) is 3.11. The molecule has 6 heteroatoms. The second-order valence-electron chi connectivity index (χ2n) is 4.62. The minimum atomic E-state index is 0.0702. The summed E-state index contributed by atoms with van der Waals surface area (Å²) in [5.74, 6) is 0.871. The van der Waals surface area contributed by atoms with E-state index in [2.05, 4.69) is 15.2 Å². The molecule has 1 aromatic rings. The van der Waals surface area contributed by atoms with Gasteiger partial charge in [-0.05, 0) is 18.9 Å². The quantitative estimate of drug-likeness (QED) is 0.806. The average Bonchev–Trinajstić information content (AvgIpc) is 2.46. The Hall–Kier alpha value is -2.29. The number of hydrogen-bond acceptors (Lipinski definition) is 5. The number of nitrogens with one attached hydrogen (secondary N) is 1. The third kappa shape index (κ3) is 2.76. The summed E-state index contributed by atoms with van der Waals surface area (Å²) in [5, 5.41) is 11.5. The Morgan fingerprint density at radius 1 is 1.58 bits per heavy atom. The van der Waals surface area contributed by atoms with Gasteiger partial charge in [0, 0.05) is 32.3 Å². The smallest absolute Gasteiger partial charge is 0.222 e. The molecule has 0 bridgehead atoms. The van der Waals surface area contributed by atoms with Crippen LogP contribution in [-0.2, 0) is 4.79 Å². The summed E-state index contributed by atoms with van der Waals surface area (Å²) >= 11 is 0. The number of nitrogens with two attached hydrogens (primary N) is 1. The zero-order valence-electron chi connectivity index (χ0n) is 10.9. The molecule has 19 heavy (non-hydrogen) atoms. The van der Waals surface area contributed by atoms with E-state index in [4.69, 9.17) is 11.0 Å². The first kappa shape index (κ1) is 13.1. The Morgan fingerprint density at radius 2 is 2.26 bits per heavy atom. The fraction of sp³-hybridized carbons (Fsp3) is 0.462. The van der Waals surface area contributed by atoms with Crippen molar-refractivity contribution < 1.29 is 4.79 Å². The highest BCUT2D eigenvalue weighted by molar-refractivity contribution is 5.78. The fourth-order valence-electron chi connectivity index (χ4n) is 2.36. The van der Waals surface area contributed by atoms with Crippen LogP contribution in [0.4, 0.5) is 11.5 Å². The fourth-order valence-corrected chi connectivity index (χ4v) is 2.36. The number of piperidine rings is 1. The lowest BCUT2D eigenvalue weighted by Crippen LogP contribution is -2.40. The molecule has 1 aromatic heterocycles. The zero-order valence-corrected chi connectivity index (χ0v) is 10.9. The topological polar surface area (TPSA) is 95.0 Å². The Labute approximate surface area is 112 Å². The van der Waals surface area contributed by atoms with Gasteiger partial charge in [0.2, 0.25) is 5.91 Å². The van der Waals surface area contributed by atoms with Crippen LogP contribution < -0.4 is 16.0 Å². The molecule has 0 aromatic carbocycles. The van der Waals surface area contributed by atoms with Crippen LogP contribution in [0.15, 0.2) is 12.3 Å². The lowest BCUT2D eigenvalue weighted by molar-refractivity contribution is -0.125. The molecule has 0 atom stereocenters. The third-order valence-electron chi connectivity index (χ3n) is 3.44. The minimum Gasteiger partial charge on any atom is -0.396 e. The van der Waals surface area contributed by atoms with Crippen molar-refractivity contribution in [1.82, 2.24) is 10.3 Å². The van der Waals surface area contributed by atoms with Gasteiger partial charge in [0.05, 0.1) is 11.3 Å². The van der Waals surface area contributed by atoms with Gasteiger partial charge in [-0.3, -0.25) is 4.79 Å². The number of carbonyl (C=O) groups excluding carboxylic acids is 1. The summed E-state index contributed by atoms with van der Waals surface area (Å²) in [6, 6.07) is 3.65. The summed E-state index contributed by atoms with van der Waals surface area (Å²) in [4.78, 5) is 17.9. The maximum absolute atomic E-state index is 11.6. The Balaban J connectivity index is 2.06. The zero-order chi connectivity index (χ0) is 13.8. The van der Waals surface area contributed by atoms with Crippen molar-refractivity contribution in [2.75, 3.05) is 30.8 Å². The van der Waals surface area contributed by atoms with Crippen molar-refractivity contribution in [2.24, 2.45) is 5.92 Å². The molecule has 0 spiro atoms. The van der Waals surface area contributed by atoms with Crippen molar-refractivity contribution in [3.63, 3.8) is 0 Å². The molecule has 3 N–H and O–H groups in total. The van der Waals surface area contributed by atoms with Gasteiger partial charge >= 0.3 is 0 Å². The van der Waals surface area contributed by atoms with Crippen LogP contribution in [0.2, 0.25) is 0 Å². The van der Waals surface area contributed by atoms with Crippen molar-refractivity contribution in [2.45, 2.75) is 12.8 Å². The number of nitriles is 1. The molecular weight excluding hydrogens is 242 g/mol. The molecule has 1 aliphatic heterocycles. The number of nitrogens with zero attached hydrogens (tertiary/aromatic N) is 3. The van der Waals surface area contributed by atoms with Gasteiger partial charge in [-0.2, -0.15) is 5.26 Å². The van der Waals surface area contributed by atoms with E-state index >= 15 is 0 Å². The number of pyridine rings is 1. The van der Waals surface area contributed by atoms with Crippen molar-refractivity contribution in [3.05, 3.63) is 17.8 Å². The number of nitrogen functional groups attached to an aromatic ring is 1. The first-order valence-electron chi connectivity index (χ1n) is 6.28. The first-order valence-corrected chi connectivity index (χ1v) is 6.28. The predicted octanol–water partition coefficient (Wildman–Crippen LogP) is 0.498. The van der Waals surface area contributed by atoms with Crippen molar-refractivity contribution >= 4 is 17.4 Å². The number of amides is 1. The molecule has 1 saturated heterocycles. The van der Waals surface area contributed by atoms with Gasteiger partial charge in [0.25, 0.3) is 0 Å².